The third kappa shape index (κ3) is 3.93. The van der Waals surface area contributed by atoms with Crippen LogP contribution in [0.15, 0.2) is 48.5 Å². The molecule has 0 bridgehead atoms. The molecule has 0 fully saturated rings. The first-order valence-corrected chi connectivity index (χ1v) is 6.86. The summed E-state index contributed by atoms with van der Waals surface area (Å²) in [6.45, 7) is 4.19. The summed E-state index contributed by atoms with van der Waals surface area (Å²) in [5.41, 5.74) is 2.35. The maximum atomic E-state index is 12.1. The summed E-state index contributed by atoms with van der Waals surface area (Å²) < 4.78 is 5.44. The van der Waals surface area contributed by atoms with Crippen molar-refractivity contribution >= 4 is 5.78 Å². The van der Waals surface area contributed by atoms with E-state index in [1.54, 1.807) is 24.3 Å². The molecule has 0 amide bonds. The van der Waals surface area contributed by atoms with Crippen molar-refractivity contribution in [1.82, 2.24) is 0 Å². The highest BCUT2D eigenvalue weighted by Crippen LogP contribution is 2.16. The highest BCUT2D eigenvalue weighted by Gasteiger charge is 2.08. The van der Waals surface area contributed by atoms with Gasteiger partial charge in [0.1, 0.15) is 5.75 Å². The topological polar surface area (TPSA) is 50.1 Å². The third-order valence-electron chi connectivity index (χ3n) is 3.23. The van der Waals surface area contributed by atoms with E-state index >= 15 is 0 Å². The van der Waals surface area contributed by atoms with Crippen LogP contribution in [0.5, 0.6) is 5.75 Å². The molecule has 0 atom stereocenters. The predicted octanol–water partition coefficient (Wildman–Crippen LogP) is 3.94. The van der Waals surface area contributed by atoms with Gasteiger partial charge in [-0.2, -0.15) is 5.26 Å². The van der Waals surface area contributed by atoms with Gasteiger partial charge in [0.25, 0.3) is 0 Å². The number of hydrogen-bond acceptors (Lipinski definition) is 3. The van der Waals surface area contributed by atoms with E-state index in [-0.39, 0.29) is 12.4 Å². The number of hydrogen-bond donors (Lipinski definition) is 0. The van der Waals surface area contributed by atoms with E-state index in [1.165, 1.54) is 5.56 Å². The minimum Gasteiger partial charge on any atom is -0.485 e. The van der Waals surface area contributed by atoms with Crippen LogP contribution >= 0.6 is 0 Å². The summed E-state index contributed by atoms with van der Waals surface area (Å²) in [5.74, 6) is 0.896. The summed E-state index contributed by atoms with van der Waals surface area (Å²) >= 11 is 0. The van der Waals surface area contributed by atoms with Crippen LogP contribution in [0.4, 0.5) is 0 Å². The SMILES string of the molecule is CC(C)c1ccc(C(=O)COc2cccc(C#N)c2)cc1. The van der Waals surface area contributed by atoms with E-state index in [4.69, 9.17) is 10.00 Å². The number of rotatable bonds is 5. The fourth-order valence-electron chi connectivity index (χ4n) is 1.94. The van der Waals surface area contributed by atoms with Crippen LogP contribution in [-0.4, -0.2) is 12.4 Å². The van der Waals surface area contributed by atoms with Crippen LogP contribution in [0.2, 0.25) is 0 Å². The summed E-state index contributed by atoms with van der Waals surface area (Å²) in [6.07, 6.45) is 0. The molecular weight excluding hydrogens is 262 g/mol. The molecule has 2 rings (SSSR count). The van der Waals surface area contributed by atoms with Crippen LogP contribution in [-0.2, 0) is 0 Å². The Morgan fingerprint density at radius 2 is 1.90 bits per heavy atom. The number of nitrogens with zero attached hydrogens (tertiary/aromatic N) is 1. The van der Waals surface area contributed by atoms with E-state index in [1.807, 2.05) is 30.3 Å². The van der Waals surface area contributed by atoms with Crippen LogP contribution in [0, 0.1) is 11.3 Å². The Hall–Kier alpha value is -2.60. The summed E-state index contributed by atoms with van der Waals surface area (Å²) in [5, 5.41) is 8.82. The summed E-state index contributed by atoms with van der Waals surface area (Å²) in [4.78, 5) is 12.1. The Morgan fingerprint density at radius 1 is 1.19 bits per heavy atom. The second-order valence-corrected chi connectivity index (χ2v) is 5.13. The van der Waals surface area contributed by atoms with E-state index < -0.39 is 0 Å². The van der Waals surface area contributed by atoms with E-state index in [2.05, 4.69) is 13.8 Å². The van der Waals surface area contributed by atoms with Crippen molar-refractivity contribution in [1.29, 1.82) is 5.26 Å². The van der Waals surface area contributed by atoms with Crippen molar-refractivity contribution in [3.8, 4) is 11.8 Å². The Bertz CT molecular complexity index is 666. The molecule has 106 valence electrons. The molecule has 0 saturated carbocycles. The molecule has 0 aliphatic rings. The quantitative estimate of drug-likeness (QED) is 0.779. The summed E-state index contributed by atoms with van der Waals surface area (Å²) in [6, 6.07) is 16.4. The number of nitriles is 1. The molecule has 0 aliphatic heterocycles. The van der Waals surface area contributed by atoms with Crippen LogP contribution in [0.3, 0.4) is 0 Å². The maximum Gasteiger partial charge on any atom is 0.200 e. The molecular formula is C18H17NO2. The maximum absolute atomic E-state index is 12.1. The van der Waals surface area contributed by atoms with Gasteiger partial charge in [-0.1, -0.05) is 44.2 Å². The molecule has 0 spiro atoms. The number of ether oxygens (including phenoxy) is 1. The van der Waals surface area contributed by atoms with Crippen molar-refractivity contribution in [2.24, 2.45) is 0 Å². The van der Waals surface area contributed by atoms with Crippen molar-refractivity contribution < 1.29 is 9.53 Å². The number of ketones is 1. The molecule has 0 saturated heterocycles. The third-order valence-corrected chi connectivity index (χ3v) is 3.23. The van der Waals surface area contributed by atoms with E-state index in [9.17, 15) is 4.79 Å². The van der Waals surface area contributed by atoms with Gasteiger partial charge < -0.3 is 4.74 Å². The molecule has 0 unspecified atom stereocenters. The highest BCUT2D eigenvalue weighted by molar-refractivity contribution is 5.97. The first kappa shape index (κ1) is 14.8. The van der Waals surface area contributed by atoms with Gasteiger partial charge in [-0.3, -0.25) is 4.79 Å². The molecule has 0 aliphatic carbocycles. The zero-order valence-corrected chi connectivity index (χ0v) is 12.2. The normalized spacial score (nSPS) is 10.2. The van der Waals surface area contributed by atoms with Gasteiger partial charge in [-0.05, 0) is 29.7 Å². The van der Waals surface area contributed by atoms with Crippen molar-refractivity contribution in [3.63, 3.8) is 0 Å². The standard InChI is InChI=1S/C18H17NO2/c1-13(2)15-6-8-16(9-7-15)18(20)12-21-17-5-3-4-14(10-17)11-19/h3-10,13H,12H2,1-2H3. The average Bonchev–Trinajstić information content (AvgIpc) is 2.53. The minimum atomic E-state index is -0.0762. The molecule has 0 radical (unpaired) electrons. The fourth-order valence-corrected chi connectivity index (χ4v) is 1.94. The second-order valence-electron chi connectivity index (χ2n) is 5.13. The molecule has 0 aromatic heterocycles. The van der Waals surface area contributed by atoms with Gasteiger partial charge in [0.15, 0.2) is 12.4 Å². The Labute approximate surface area is 124 Å². The van der Waals surface area contributed by atoms with E-state index in [0.29, 0.717) is 22.8 Å². The van der Waals surface area contributed by atoms with Gasteiger partial charge in [-0.25, -0.2) is 0 Å². The van der Waals surface area contributed by atoms with Gasteiger partial charge >= 0.3 is 0 Å². The Kier molecular flexibility index (Phi) is 4.73. The largest absolute Gasteiger partial charge is 0.485 e. The Morgan fingerprint density at radius 3 is 2.52 bits per heavy atom. The molecule has 21 heavy (non-hydrogen) atoms. The molecule has 0 heterocycles. The van der Waals surface area contributed by atoms with Gasteiger partial charge in [0, 0.05) is 5.56 Å². The van der Waals surface area contributed by atoms with Crippen LogP contribution < -0.4 is 4.74 Å². The first-order valence-electron chi connectivity index (χ1n) is 6.86. The molecule has 2 aromatic carbocycles. The highest BCUT2D eigenvalue weighted by atomic mass is 16.5. The summed E-state index contributed by atoms with van der Waals surface area (Å²) in [7, 11) is 0. The lowest BCUT2D eigenvalue weighted by Gasteiger charge is -2.08. The second kappa shape index (κ2) is 6.71. The Balaban J connectivity index is 1.99. The lowest BCUT2D eigenvalue weighted by Crippen LogP contribution is -2.11. The van der Waals surface area contributed by atoms with Crippen LogP contribution in [0.1, 0.15) is 41.3 Å². The van der Waals surface area contributed by atoms with Gasteiger partial charge in [0.2, 0.25) is 0 Å². The lowest BCUT2D eigenvalue weighted by atomic mass is 10.0. The predicted molar refractivity (Wildman–Crippen MR) is 81.5 cm³/mol. The van der Waals surface area contributed by atoms with Gasteiger partial charge in [0.05, 0.1) is 11.6 Å². The van der Waals surface area contributed by atoms with Crippen molar-refractivity contribution in [2.75, 3.05) is 6.61 Å². The zero-order valence-electron chi connectivity index (χ0n) is 12.2. The number of carbonyl (C=O) groups is 1. The molecule has 3 heteroatoms. The van der Waals surface area contributed by atoms with Crippen molar-refractivity contribution in [3.05, 3.63) is 65.2 Å². The monoisotopic (exact) mass is 279 g/mol. The number of Topliss-reactive ketones (excluding diaryl/α,β-unsaturated/α-hetero) is 1. The first-order chi connectivity index (χ1) is 10.1. The van der Waals surface area contributed by atoms with Gasteiger partial charge in [-0.15, -0.1) is 0 Å². The average molecular weight is 279 g/mol. The lowest BCUT2D eigenvalue weighted by molar-refractivity contribution is 0.0921. The molecule has 3 nitrogen and oxygen atoms in total. The fraction of sp³-hybridized carbons (Fsp3) is 0.222. The molecule has 0 N–H and O–H groups in total. The molecule has 2 aromatic rings. The van der Waals surface area contributed by atoms with Crippen molar-refractivity contribution in [2.45, 2.75) is 19.8 Å². The smallest absolute Gasteiger partial charge is 0.200 e. The minimum absolute atomic E-state index is 0.0318. The zero-order chi connectivity index (χ0) is 15.2. The number of carbonyl (C=O) groups excluding carboxylic acids is 1. The van der Waals surface area contributed by atoms with E-state index in [0.717, 1.165) is 0 Å². The van der Waals surface area contributed by atoms with Crippen LogP contribution in [0.25, 0.3) is 0 Å². The number of benzene rings is 2.